The van der Waals surface area contributed by atoms with Gasteiger partial charge < -0.3 is 16.4 Å². The molecule has 4 N–H and O–H groups in total. The van der Waals surface area contributed by atoms with Gasteiger partial charge in [-0.25, -0.2) is 4.79 Å². The van der Waals surface area contributed by atoms with Crippen LogP contribution in [0.5, 0.6) is 0 Å². The van der Waals surface area contributed by atoms with Crippen LogP contribution < -0.4 is 16.4 Å². The topological polar surface area (TPSA) is 67.2 Å². The zero-order chi connectivity index (χ0) is 10.6. The van der Waals surface area contributed by atoms with Gasteiger partial charge in [0, 0.05) is 11.6 Å². The molecule has 0 aliphatic heterocycles. The summed E-state index contributed by atoms with van der Waals surface area (Å²) < 4.78 is 0. The second-order valence-corrected chi connectivity index (χ2v) is 3.15. The maximum Gasteiger partial charge on any atom is 0.319 e. The predicted molar refractivity (Wildman–Crippen MR) is 58.6 cm³/mol. The number of benzene rings is 1. The van der Waals surface area contributed by atoms with E-state index in [1.54, 1.807) is 18.2 Å². The third-order valence-electron chi connectivity index (χ3n) is 1.60. The van der Waals surface area contributed by atoms with Crippen LogP contribution in [0.4, 0.5) is 16.2 Å². The number of hydrogen-bond donors (Lipinski definition) is 3. The van der Waals surface area contributed by atoms with Gasteiger partial charge in [-0.2, -0.15) is 0 Å². The molecule has 1 rings (SSSR count). The van der Waals surface area contributed by atoms with E-state index < -0.39 is 0 Å². The minimum atomic E-state index is -0.290. The molecule has 76 valence electrons. The maximum absolute atomic E-state index is 11.2. The van der Waals surface area contributed by atoms with E-state index in [2.05, 4.69) is 10.6 Å². The van der Waals surface area contributed by atoms with E-state index >= 15 is 0 Å². The van der Waals surface area contributed by atoms with Crippen LogP contribution in [0, 0.1) is 0 Å². The first kappa shape index (κ1) is 10.7. The van der Waals surface area contributed by atoms with Crippen LogP contribution in [0.3, 0.4) is 0 Å². The molecule has 1 aromatic rings. The van der Waals surface area contributed by atoms with E-state index in [0.717, 1.165) is 0 Å². The molecule has 0 fully saturated rings. The number of nitrogens with one attached hydrogen (secondary N) is 2. The van der Waals surface area contributed by atoms with Gasteiger partial charge in [0.05, 0.1) is 11.4 Å². The van der Waals surface area contributed by atoms with Crippen molar-refractivity contribution in [3.05, 3.63) is 23.2 Å². The number of amides is 2. The molecule has 5 heteroatoms. The number of nitrogens with two attached hydrogens (primary N) is 1. The summed E-state index contributed by atoms with van der Waals surface area (Å²) in [5.41, 5.74) is 6.64. The first-order valence-corrected chi connectivity index (χ1v) is 4.61. The number of nitrogen functional groups attached to an aromatic ring is 1. The van der Waals surface area contributed by atoms with E-state index in [-0.39, 0.29) is 6.03 Å². The molecule has 4 nitrogen and oxygen atoms in total. The summed E-state index contributed by atoms with van der Waals surface area (Å²) >= 11 is 5.75. The van der Waals surface area contributed by atoms with Gasteiger partial charge in [-0.15, -0.1) is 0 Å². The lowest BCUT2D eigenvalue weighted by Gasteiger charge is -2.08. The summed E-state index contributed by atoms with van der Waals surface area (Å²) in [5, 5.41) is 5.72. The number of carbonyl (C=O) groups is 1. The highest BCUT2D eigenvalue weighted by Gasteiger charge is 2.03. The van der Waals surface area contributed by atoms with Crippen LogP contribution in [0.1, 0.15) is 6.92 Å². The lowest BCUT2D eigenvalue weighted by molar-refractivity contribution is 0.252. The van der Waals surface area contributed by atoms with Crippen molar-refractivity contribution in [2.75, 3.05) is 17.6 Å². The van der Waals surface area contributed by atoms with Gasteiger partial charge in [0.2, 0.25) is 0 Å². The lowest BCUT2D eigenvalue weighted by Crippen LogP contribution is -2.28. The normalized spacial score (nSPS) is 9.57. The summed E-state index contributed by atoms with van der Waals surface area (Å²) in [5.74, 6) is 0. The summed E-state index contributed by atoms with van der Waals surface area (Å²) in [6.45, 7) is 2.40. The first-order valence-electron chi connectivity index (χ1n) is 4.23. The van der Waals surface area contributed by atoms with E-state index in [4.69, 9.17) is 17.3 Å². The fourth-order valence-corrected chi connectivity index (χ4v) is 1.14. The number of rotatable bonds is 2. The highest BCUT2D eigenvalue weighted by molar-refractivity contribution is 6.31. The summed E-state index contributed by atoms with van der Waals surface area (Å²) in [6, 6.07) is 4.62. The van der Waals surface area contributed by atoms with Gasteiger partial charge >= 0.3 is 6.03 Å². The summed E-state index contributed by atoms with van der Waals surface area (Å²) in [4.78, 5) is 11.2. The summed E-state index contributed by atoms with van der Waals surface area (Å²) in [7, 11) is 0. The van der Waals surface area contributed by atoms with Crippen LogP contribution in [0.15, 0.2) is 18.2 Å². The second kappa shape index (κ2) is 4.72. The zero-order valence-electron chi connectivity index (χ0n) is 7.80. The smallest absolute Gasteiger partial charge is 0.319 e. The highest BCUT2D eigenvalue weighted by atomic mass is 35.5. The molecule has 0 saturated heterocycles. The van der Waals surface area contributed by atoms with Crippen molar-refractivity contribution in [3.8, 4) is 0 Å². The Kier molecular flexibility index (Phi) is 3.59. The molecular weight excluding hydrogens is 202 g/mol. The quantitative estimate of drug-likeness (QED) is 0.659. The van der Waals surface area contributed by atoms with Gasteiger partial charge in [-0.1, -0.05) is 11.6 Å². The van der Waals surface area contributed by atoms with Gasteiger partial charge in [-0.05, 0) is 25.1 Å². The second-order valence-electron chi connectivity index (χ2n) is 2.72. The Balaban J connectivity index is 2.75. The van der Waals surface area contributed by atoms with Crippen molar-refractivity contribution in [2.24, 2.45) is 0 Å². The van der Waals surface area contributed by atoms with Crippen molar-refractivity contribution in [2.45, 2.75) is 6.92 Å². The Bertz CT molecular complexity index is 341. The third-order valence-corrected chi connectivity index (χ3v) is 1.84. The van der Waals surface area contributed by atoms with Crippen LogP contribution in [-0.2, 0) is 0 Å². The molecule has 0 aliphatic rings. The van der Waals surface area contributed by atoms with Crippen molar-refractivity contribution < 1.29 is 4.79 Å². The summed E-state index contributed by atoms with van der Waals surface area (Å²) in [6.07, 6.45) is 0. The number of anilines is 2. The van der Waals surface area contributed by atoms with Crippen molar-refractivity contribution in [3.63, 3.8) is 0 Å². The fraction of sp³-hybridized carbons (Fsp3) is 0.222. The van der Waals surface area contributed by atoms with Crippen molar-refractivity contribution in [1.29, 1.82) is 0 Å². The molecular formula is C9H12ClN3O. The molecule has 0 radical (unpaired) electrons. The molecule has 1 aromatic carbocycles. The molecule has 0 bridgehead atoms. The molecule has 0 saturated carbocycles. The van der Waals surface area contributed by atoms with E-state index in [0.29, 0.717) is 22.9 Å². The molecule has 2 amide bonds. The minimum Gasteiger partial charge on any atom is -0.397 e. The number of hydrogen-bond acceptors (Lipinski definition) is 2. The fourth-order valence-electron chi connectivity index (χ4n) is 0.964. The number of urea groups is 1. The molecule has 0 spiro atoms. The van der Waals surface area contributed by atoms with E-state index in [1.807, 2.05) is 6.92 Å². The van der Waals surface area contributed by atoms with E-state index in [9.17, 15) is 4.79 Å². The molecule has 0 aliphatic carbocycles. The Labute approximate surface area is 87.4 Å². The van der Waals surface area contributed by atoms with Crippen LogP contribution in [0.25, 0.3) is 0 Å². The predicted octanol–water partition coefficient (Wildman–Crippen LogP) is 2.06. The van der Waals surface area contributed by atoms with Gasteiger partial charge in [0.25, 0.3) is 0 Å². The van der Waals surface area contributed by atoms with Crippen LogP contribution in [-0.4, -0.2) is 12.6 Å². The lowest BCUT2D eigenvalue weighted by atomic mass is 10.3. The molecule has 0 heterocycles. The largest absolute Gasteiger partial charge is 0.397 e. The van der Waals surface area contributed by atoms with Crippen LogP contribution in [0.2, 0.25) is 5.02 Å². The Morgan fingerprint density at radius 3 is 2.93 bits per heavy atom. The van der Waals surface area contributed by atoms with Gasteiger partial charge in [0.15, 0.2) is 0 Å². The molecule has 0 aromatic heterocycles. The van der Waals surface area contributed by atoms with Crippen molar-refractivity contribution in [1.82, 2.24) is 5.32 Å². The monoisotopic (exact) mass is 213 g/mol. The Hall–Kier alpha value is -1.42. The maximum atomic E-state index is 11.2. The number of carbonyl (C=O) groups excluding carboxylic acids is 1. The van der Waals surface area contributed by atoms with E-state index in [1.165, 1.54) is 0 Å². The highest BCUT2D eigenvalue weighted by Crippen LogP contribution is 2.22. The Morgan fingerprint density at radius 1 is 1.57 bits per heavy atom. The van der Waals surface area contributed by atoms with Crippen molar-refractivity contribution >= 4 is 29.0 Å². The number of halogens is 1. The molecule has 0 atom stereocenters. The average molecular weight is 214 g/mol. The van der Waals surface area contributed by atoms with Gasteiger partial charge in [0.1, 0.15) is 0 Å². The molecule has 0 unspecified atom stereocenters. The first-order chi connectivity index (χ1) is 6.63. The average Bonchev–Trinajstić information content (AvgIpc) is 2.12. The Morgan fingerprint density at radius 2 is 2.29 bits per heavy atom. The van der Waals surface area contributed by atoms with Gasteiger partial charge in [-0.3, -0.25) is 0 Å². The minimum absolute atomic E-state index is 0.290. The standard InChI is InChI=1S/C9H12ClN3O/c1-2-12-9(14)13-8-5-6(10)3-4-7(8)11/h3-5H,2,11H2,1H3,(H2,12,13,14). The zero-order valence-corrected chi connectivity index (χ0v) is 8.56. The molecule has 14 heavy (non-hydrogen) atoms. The van der Waals surface area contributed by atoms with Crippen LogP contribution >= 0.6 is 11.6 Å². The SMILES string of the molecule is CCNC(=O)Nc1cc(Cl)ccc1N. The third kappa shape index (κ3) is 2.81.